The molecule has 0 saturated carbocycles. The van der Waals surface area contributed by atoms with Crippen LogP contribution in [0.3, 0.4) is 0 Å². The normalized spacial score (nSPS) is 10.5. The summed E-state index contributed by atoms with van der Waals surface area (Å²) in [5, 5.41) is 6.38. The second-order valence-corrected chi connectivity index (χ2v) is 5.13. The van der Waals surface area contributed by atoms with E-state index in [9.17, 15) is 18.4 Å². The molecule has 0 atom stereocenters. The van der Waals surface area contributed by atoms with E-state index in [1.807, 2.05) is 0 Å². The lowest BCUT2D eigenvalue weighted by Crippen LogP contribution is -2.16. The van der Waals surface area contributed by atoms with Crippen molar-refractivity contribution in [3.8, 4) is 5.69 Å². The van der Waals surface area contributed by atoms with Crippen molar-refractivity contribution in [2.75, 3.05) is 5.32 Å². The number of nitrogens with one attached hydrogen (secondary N) is 1. The van der Waals surface area contributed by atoms with Gasteiger partial charge in [-0.15, -0.1) is 0 Å². The van der Waals surface area contributed by atoms with Crippen LogP contribution in [-0.4, -0.2) is 21.6 Å². The first kappa shape index (κ1) is 16.3. The van der Waals surface area contributed by atoms with Gasteiger partial charge < -0.3 is 11.1 Å². The van der Waals surface area contributed by atoms with Crippen LogP contribution in [0, 0.1) is 11.6 Å². The summed E-state index contributed by atoms with van der Waals surface area (Å²) in [4.78, 5) is 23.4. The van der Waals surface area contributed by atoms with Gasteiger partial charge in [-0.1, -0.05) is 0 Å². The zero-order valence-electron chi connectivity index (χ0n) is 12.7. The van der Waals surface area contributed by atoms with Gasteiger partial charge in [-0.3, -0.25) is 9.59 Å². The Hall–Kier alpha value is -3.55. The maximum Gasteiger partial charge on any atom is 0.255 e. The summed E-state index contributed by atoms with van der Waals surface area (Å²) in [5.74, 6) is -3.00. The number of carbonyl (C=O) groups is 2. The number of primary amides is 1. The van der Waals surface area contributed by atoms with E-state index in [1.54, 1.807) is 12.3 Å². The number of nitrogens with zero attached hydrogens (tertiary/aromatic N) is 2. The van der Waals surface area contributed by atoms with Crippen molar-refractivity contribution < 1.29 is 18.4 Å². The number of benzene rings is 2. The molecule has 0 saturated heterocycles. The fourth-order valence-corrected chi connectivity index (χ4v) is 2.24. The molecule has 0 aliphatic heterocycles. The third-order valence-electron chi connectivity index (χ3n) is 3.45. The molecule has 2 amide bonds. The number of aromatic nitrogens is 2. The minimum absolute atomic E-state index is 0.0540. The quantitative estimate of drug-likeness (QED) is 0.763. The first-order valence-corrected chi connectivity index (χ1v) is 7.16. The van der Waals surface area contributed by atoms with Gasteiger partial charge in [0.1, 0.15) is 17.3 Å². The van der Waals surface area contributed by atoms with Gasteiger partial charge in [0.25, 0.3) is 11.8 Å². The lowest BCUT2D eigenvalue weighted by atomic mass is 10.1. The standard InChI is InChI=1S/C17H12F2N4O2/c18-13-4-3-11(9-12(13)16(20)24)22-17(25)10-2-5-15(14(19)8-10)23-7-1-6-21-23/h1-9H,(H2,20,24)(H,22,25). The molecule has 3 N–H and O–H groups in total. The number of rotatable bonds is 4. The van der Waals surface area contributed by atoms with E-state index in [0.717, 1.165) is 18.2 Å². The highest BCUT2D eigenvalue weighted by atomic mass is 19.1. The van der Waals surface area contributed by atoms with Gasteiger partial charge in [0.05, 0.1) is 5.56 Å². The molecule has 6 nitrogen and oxygen atoms in total. The van der Waals surface area contributed by atoms with Crippen LogP contribution in [0.4, 0.5) is 14.5 Å². The molecule has 3 aromatic rings. The molecule has 0 fully saturated rings. The van der Waals surface area contributed by atoms with Crippen LogP contribution < -0.4 is 11.1 Å². The summed E-state index contributed by atoms with van der Waals surface area (Å²) < 4.78 is 29.0. The molecule has 25 heavy (non-hydrogen) atoms. The second-order valence-electron chi connectivity index (χ2n) is 5.13. The topological polar surface area (TPSA) is 90.0 Å². The van der Waals surface area contributed by atoms with Crippen LogP contribution in [0.5, 0.6) is 0 Å². The minimum Gasteiger partial charge on any atom is -0.366 e. The number of halogens is 2. The van der Waals surface area contributed by atoms with Crippen molar-refractivity contribution in [1.82, 2.24) is 9.78 Å². The fourth-order valence-electron chi connectivity index (χ4n) is 2.24. The van der Waals surface area contributed by atoms with Crippen LogP contribution >= 0.6 is 0 Å². The summed E-state index contributed by atoms with van der Waals surface area (Å²) in [7, 11) is 0. The van der Waals surface area contributed by atoms with Gasteiger partial charge in [0.2, 0.25) is 0 Å². The molecule has 3 rings (SSSR count). The SMILES string of the molecule is NC(=O)c1cc(NC(=O)c2ccc(-n3cccn3)c(F)c2)ccc1F. The molecule has 0 unspecified atom stereocenters. The van der Waals surface area contributed by atoms with Crippen molar-refractivity contribution in [1.29, 1.82) is 0 Å². The molecule has 1 aromatic heterocycles. The Labute approximate surface area is 140 Å². The van der Waals surface area contributed by atoms with Crippen molar-refractivity contribution in [3.05, 3.63) is 77.6 Å². The average molecular weight is 342 g/mol. The van der Waals surface area contributed by atoms with Crippen molar-refractivity contribution in [2.45, 2.75) is 0 Å². The van der Waals surface area contributed by atoms with Gasteiger partial charge in [0, 0.05) is 23.6 Å². The van der Waals surface area contributed by atoms with Gasteiger partial charge >= 0.3 is 0 Å². The molecule has 0 radical (unpaired) electrons. The molecule has 1 heterocycles. The van der Waals surface area contributed by atoms with Crippen LogP contribution in [-0.2, 0) is 0 Å². The van der Waals surface area contributed by atoms with E-state index in [0.29, 0.717) is 0 Å². The lowest BCUT2D eigenvalue weighted by Gasteiger charge is -2.09. The molecular formula is C17H12F2N4O2. The maximum absolute atomic E-state index is 14.2. The van der Waals surface area contributed by atoms with E-state index in [4.69, 9.17) is 5.73 Å². The predicted molar refractivity (Wildman–Crippen MR) is 86.4 cm³/mol. The summed E-state index contributed by atoms with van der Waals surface area (Å²) in [6.07, 6.45) is 3.08. The zero-order chi connectivity index (χ0) is 18.0. The summed E-state index contributed by atoms with van der Waals surface area (Å²) in [6, 6.07) is 8.94. The molecule has 0 aliphatic carbocycles. The van der Waals surface area contributed by atoms with Gasteiger partial charge in [0.15, 0.2) is 0 Å². The van der Waals surface area contributed by atoms with E-state index in [2.05, 4.69) is 10.4 Å². The minimum atomic E-state index is -0.955. The van der Waals surface area contributed by atoms with E-state index in [-0.39, 0.29) is 22.5 Å². The van der Waals surface area contributed by atoms with E-state index < -0.39 is 23.4 Å². The molecule has 126 valence electrons. The first-order chi connectivity index (χ1) is 12.0. The van der Waals surface area contributed by atoms with Crippen molar-refractivity contribution in [2.24, 2.45) is 5.73 Å². The summed E-state index contributed by atoms with van der Waals surface area (Å²) in [5.41, 5.74) is 5.12. The number of hydrogen-bond acceptors (Lipinski definition) is 3. The number of amides is 2. The average Bonchev–Trinajstić information content (AvgIpc) is 3.10. The van der Waals surface area contributed by atoms with Crippen molar-refractivity contribution in [3.63, 3.8) is 0 Å². The highest BCUT2D eigenvalue weighted by Crippen LogP contribution is 2.18. The highest BCUT2D eigenvalue weighted by molar-refractivity contribution is 6.05. The van der Waals surface area contributed by atoms with Gasteiger partial charge in [-0.2, -0.15) is 5.10 Å². The monoisotopic (exact) mass is 342 g/mol. The largest absolute Gasteiger partial charge is 0.366 e. The number of anilines is 1. The Kier molecular flexibility index (Phi) is 4.25. The Morgan fingerprint density at radius 1 is 1.08 bits per heavy atom. The van der Waals surface area contributed by atoms with Crippen molar-refractivity contribution >= 4 is 17.5 Å². The third kappa shape index (κ3) is 3.37. The predicted octanol–water partition coefficient (Wildman–Crippen LogP) is 2.50. The smallest absolute Gasteiger partial charge is 0.255 e. The second kappa shape index (κ2) is 6.52. The Morgan fingerprint density at radius 3 is 2.52 bits per heavy atom. The summed E-state index contributed by atoms with van der Waals surface area (Å²) >= 11 is 0. The molecule has 0 spiro atoms. The fraction of sp³-hybridized carbons (Fsp3) is 0. The maximum atomic E-state index is 14.2. The molecular weight excluding hydrogens is 330 g/mol. The van der Waals surface area contributed by atoms with Crippen LogP contribution in [0.15, 0.2) is 54.9 Å². The van der Waals surface area contributed by atoms with Crippen LogP contribution in [0.1, 0.15) is 20.7 Å². The van der Waals surface area contributed by atoms with Gasteiger partial charge in [-0.05, 0) is 42.5 Å². The number of carbonyl (C=O) groups excluding carboxylic acids is 2. The Morgan fingerprint density at radius 2 is 1.88 bits per heavy atom. The third-order valence-corrected chi connectivity index (χ3v) is 3.45. The first-order valence-electron chi connectivity index (χ1n) is 7.16. The van der Waals surface area contributed by atoms with Gasteiger partial charge in [-0.25, -0.2) is 13.5 Å². The van der Waals surface area contributed by atoms with E-state index in [1.165, 1.54) is 29.1 Å². The number of hydrogen-bond donors (Lipinski definition) is 2. The zero-order valence-corrected chi connectivity index (χ0v) is 12.7. The van der Waals surface area contributed by atoms with E-state index >= 15 is 0 Å². The summed E-state index contributed by atoms with van der Waals surface area (Å²) in [6.45, 7) is 0. The molecule has 8 heteroatoms. The number of nitrogens with two attached hydrogens (primary N) is 1. The molecule has 0 bridgehead atoms. The Bertz CT molecular complexity index is 955. The molecule has 2 aromatic carbocycles. The Balaban J connectivity index is 1.83. The lowest BCUT2D eigenvalue weighted by molar-refractivity contribution is 0.0992. The van der Waals surface area contributed by atoms with Crippen LogP contribution in [0.25, 0.3) is 5.69 Å². The highest BCUT2D eigenvalue weighted by Gasteiger charge is 2.14. The molecule has 0 aliphatic rings. The van der Waals surface area contributed by atoms with Crippen LogP contribution in [0.2, 0.25) is 0 Å².